The summed E-state index contributed by atoms with van der Waals surface area (Å²) in [6, 6.07) is 0. The lowest BCUT2D eigenvalue weighted by Gasteiger charge is -2.22. The number of hydrogen-bond acceptors (Lipinski definition) is 3. The molecule has 1 fully saturated rings. The monoisotopic (exact) mass is 285 g/mol. The van der Waals surface area contributed by atoms with Crippen molar-refractivity contribution < 1.29 is 0 Å². The molecule has 0 amide bonds. The van der Waals surface area contributed by atoms with Gasteiger partial charge in [0, 0.05) is 19.5 Å². The first-order chi connectivity index (χ1) is 10.2. The summed E-state index contributed by atoms with van der Waals surface area (Å²) >= 11 is 0. The fourth-order valence-corrected chi connectivity index (χ4v) is 3.25. The SMILES string of the molecule is C=CCn1c(C2CCCCC2)nc(-c2cncn2C)c1N. The molecule has 2 N–H and O–H groups in total. The minimum Gasteiger partial charge on any atom is -0.383 e. The Morgan fingerprint density at radius 2 is 2.14 bits per heavy atom. The molecule has 0 aromatic carbocycles. The highest BCUT2D eigenvalue weighted by molar-refractivity contribution is 5.68. The predicted octanol–water partition coefficient (Wildman–Crippen LogP) is 3.10. The number of hydrogen-bond donors (Lipinski definition) is 1. The summed E-state index contributed by atoms with van der Waals surface area (Å²) < 4.78 is 4.08. The maximum Gasteiger partial charge on any atom is 0.133 e. The maximum atomic E-state index is 6.37. The van der Waals surface area contributed by atoms with Crippen molar-refractivity contribution in [2.75, 3.05) is 5.73 Å². The summed E-state index contributed by atoms with van der Waals surface area (Å²) in [5.74, 6) is 2.35. The van der Waals surface area contributed by atoms with Gasteiger partial charge in [0.05, 0.1) is 18.2 Å². The van der Waals surface area contributed by atoms with Gasteiger partial charge >= 0.3 is 0 Å². The minimum absolute atomic E-state index is 0.517. The molecule has 2 heterocycles. The van der Waals surface area contributed by atoms with Gasteiger partial charge in [-0.1, -0.05) is 25.3 Å². The third-order valence-electron chi connectivity index (χ3n) is 4.38. The Morgan fingerprint density at radius 3 is 2.76 bits per heavy atom. The van der Waals surface area contributed by atoms with Gasteiger partial charge in [0.25, 0.3) is 0 Å². The van der Waals surface area contributed by atoms with Crippen molar-refractivity contribution in [3.05, 3.63) is 31.0 Å². The van der Waals surface area contributed by atoms with Crippen molar-refractivity contribution in [2.24, 2.45) is 7.05 Å². The lowest BCUT2D eigenvalue weighted by Crippen LogP contribution is -2.13. The molecular weight excluding hydrogens is 262 g/mol. The Labute approximate surface area is 125 Å². The van der Waals surface area contributed by atoms with Crippen LogP contribution in [-0.4, -0.2) is 19.1 Å². The average Bonchev–Trinajstić information content (AvgIpc) is 3.05. The van der Waals surface area contributed by atoms with Crippen LogP contribution in [0.25, 0.3) is 11.4 Å². The third kappa shape index (κ3) is 2.48. The van der Waals surface area contributed by atoms with E-state index in [4.69, 9.17) is 10.7 Å². The summed E-state index contributed by atoms with van der Waals surface area (Å²) in [5, 5.41) is 0. The molecule has 1 aliphatic rings. The highest BCUT2D eigenvalue weighted by Gasteiger charge is 2.25. The molecule has 0 bridgehead atoms. The highest BCUT2D eigenvalue weighted by atomic mass is 15.2. The van der Waals surface area contributed by atoms with E-state index < -0.39 is 0 Å². The number of imidazole rings is 2. The predicted molar refractivity (Wildman–Crippen MR) is 84.9 cm³/mol. The molecule has 2 aromatic rings. The van der Waals surface area contributed by atoms with Gasteiger partial charge < -0.3 is 14.9 Å². The Kier molecular flexibility index (Phi) is 3.82. The van der Waals surface area contributed by atoms with Crippen molar-refractivity contribution in [1.29, 1.82) is 0 Å². The number of rotatable bonds is 4. The van der Waals surface area contributed by atoms with Crippen LogP contribution in [0.2, 0.25) is 0 Å². The van der Waals surface area contributed by atoms with Crippen molar-refractivity contribution in [3.8, 4) is 11.4 Å². The topological polar surface area (TPSA) is 61.7 Å². The van der Waals surface area contributed by atoms with Crippen molar-refractivity contribution in [2.45, 2.75) is 44.6 Å². The molecule has 2 aromatic heterocycles. The number of aromatic nitrogens is 4. The minimum atomic E-state index is 0.517. The molecule has 0 saturated heterocycles. The van der Waals surface area contributed by atoms with Crippen LogP contribution < -0.4 is 5.73 Å². The standard InChI is InChI=1S/C16H23N5/c1-3-9-21-15(17)14(13-10-18-11-20(13)2)19-16(21)12-7-5-4-6-8-12/h3,10-12H,1,4-9,17H2,2H3. The second-order valence-electron chi connectivity index (χ2n) is 5.83. The zero-order valence-electron chi connectivity index (χ0n) is 12.6. The van der Waals surface area contributed by atoms with E-state index in [2.05, 4.69) is 16.1 Å². The lowest BCUT2D eigenvalue weighted by atomic mass is 9.88. The van der Waals surface area contributed by atoms with Crippen molar-refractivity contribution >= 4 is 5.82 Å². The van der Waals surface area contributed by atoms with E-state index >= 15 is 0 Å². The van der Waals surface area contributed by atoms with E-state index in [0.29, 0.717) is 12.5 Å². The van der Waals surface area contributed by atoms with Gasteiger partial charge in [0.2, 0.25) is 0 Å². The molecule has 0 unspecified atom stereocenters. The van der Waals surface area contributed by atoms with Crippen LogP contribution in [0.1, 0.15) is 43.8 Å². The molecule has 0 atom stereocenters. The second kappa shape index (κ2) is 5.76. The van der Waals surface area contributed by atoms with Gasteiger partial charge in [-0.25, -0.2) is 9.97 Å². The number of aryl methyl sites for hydroxylation is 1. The lowest BCUT2D eigenvalue weighted by molar-refractivity contribution is 0.419. The molecule has 0 radical (unpaired) electrons. The molecule has 5 nitrogen and oxygen atoms in total. The first kappa shape index (κ1) is 13.9. The van der Waals surface area contributed by atoms with Gasteiger partial charge in [-0.05, 0) is 12.8 Å². The third-order valence-corrected chi connectivity index (χ3v) is 4.38. The number of nitrogens with zero attached hydrogens (tertiary/aromatic N) is 4. The number of anilines is 1. The molecule has 5 heteroatoms. The fraction of sp³-hybridized carbons (Fsp3) is 0.500. The largest absolute Gasteiger partial charge is 0.383 e. The maximum absolute atomic E-state index is 6.37. The van der Waals surface area contributed by atoms with Gasteiger partial charge in [-0.2, -0.15) is 0 Å². The van der Waals surface area contributed by atoms with E-state index in [1.807, 2.05) is 23.9 Å². The number of allylic oxidation sites excluding steroid dienone is 1. The molecule has 21 heavy (non-hydrogen) atoms. The van der Waals surface area contributed by atoms with Gasteiger partial charge in [-0.15, -0.1) is 6.58 Å². The Balaban J connectivity index is 2.06. The Bertz CT molecular complexity index is 631. The molecule has 1 aliphatic carbocycles. The average molecular weight is 285 g/mol. The number of nitrogens with two attached hydrogens (primary N) is 1. The van der Waals surface area contributed by atoms with Crippen LogP contribution in [0, 0.1) is 0 Å². The Morgan fingerprint density at radius 1 is 1.38 bits per heavy atom. The number of nitrogen functional groups attached to an aromatic ring is 1. The first-order valence-corrected chi connectivity index (χ1v) is 7.66. The van der Waals surface area contributed by atoms with Crippen LogP contribution in [0.4, 0.5) is 5.82 Å². The smallest absolute Gasteiger partial charge is 0.133 e. The Hall–Kier alpha value is -2.04. The first-order valence-electron chi connectivity index (χ1n) is 7.66. The van der Waals surface area contributed by atoms with Crippen LogP contribution in [-0.2, 0) is 13.6 Å². The normalized spacial score (nSPS) is 16.2. The summed E-state index contributed by atoms with van der Waals surface area (Å²) in [5.41, 5.74) is 8.18. The molecule has 112 valence electrons. The van der Waals surface area contributed by atoms with Crippen molar-refractivity contribution in [1.82, 2.24) is 19.1 Å². The van der Waals surface area contributed by atoms with Crippen molar-refractivity contribution in [3.63, 3.8) is 0 Å². The van der Waals surface area contributed by atoms with E-state index in [1.165, 1.54) is 32.1 Å². The highest BCUT2D eigenvalue weighted by Crippen LogP contribution is 2.36. The summed E-state index contributed by atoms with van der Waals surface area (Å²) in [6.45, 7) is 4.56. The zero-order valence-corrected chi connectivity index (χ0v) is 12.6. The van der Waals surface area contributed by atoms with Crippen LogP contribution >= 0.6 is 0 Å². The van der Waals surface area contributed by atoms with Crippen LogP contribution in [0.3, 0.4) is 0 Å². The fourth-order valence-electron chi connectivity index (χ4n) is 3.25. The van der Waals surface area contributed by atoms with Gasteiger partial charge in [0.1, 0.15) is 17.3 Å². The zero-order chi connectivity index (χ0) is 14.8. The quantitative estimate of drug-likeness (QED) is 0.878. The molecule has 3 rings (SSSR count). The molecular formula is C16H23N5. The second-order valence-corrected chi connectivity index (χ2v) is 5.83. The van der Waals surface area contributed by atoms with E-state index in [-0.39, 0.29) is 0 Å². The summed E-state index contributed by atoms with van der Waals surface area (Å²) in [6.07, 6.45) is 11.8. The van der Waals surface area contributed by atoms with Gasteiger partial charge in [0.15, 0.2) is 0 Å². The summed E-state index contributed by atoms with van der Waals surface area (Å²) in [7, 11) is 1.97. The van der Waals surface area contributed by atoms with E-state index in [9.17, 15) is 0 Å². The molecule has 1 saturated carbocycles. The molecule has 0 aliphatic heterocycles. The van der Waals surface area contributed by atoms with Crippen LogP contribution in [0.15, 0.2) is 25.2 Å². The van der Waals surface area contributed by atoms with Crippen LogP contribution in [0.5, 0.6) is 0 Å². The molecule has 0 spiro atoms. The summed E-state index contributed by atoms with van der Waals surface area (Å²) in [4.78, 5) is 9.06. The van der Waals surface area contributed by atoms with E-state index in [0.717, 1.165) is 23.0 Å². The van der Waals surface area contributed by atoms with Gasteiger partial charge in [-0.3, -0.25) is 0 Å². The van der Waals surface area contributed by atoms with E-state index in [1.54, 1.807) is 6.33 Å².